The highest BCUT2D eigenvalue weighted by atomic mass is 32.2. The Kier molecular flexibility index (Phi) is 6.20. The van der Waals surface area contributed by atoms with Gasteiger partial charge < -0.3 is 9.67 Å². The summed E-state index contributed by atoms with van der Waals surface area (Å²) in [5.74, 6) is 0.931. The molecule has 18 heavy (non-hydrogen) atoms. The van der Waals surface area contributed by atoms with E-state index in [9.17, 15) is 8.42 Å². The number of aryl methyl sites for hydroxylation is 1. The maximum absolute atomic E-state index is 12.0. The van der Waals surface area contributed by atoms with E-state index in [0.29, 0.717) is 18.8 Å². The second-order valence-electron chi connectivity index (χ2n) is 3.86. The van der Waals surface area contributed by atoms with E-state index in [1.54, 1.807) is 22.5 Å². The van der Waals surface area contributed by atoms with Gasteiger partial charge in [0.05, 0.1) is 11.5 Å². The molecule has 1 aromatic rings. The van der Waals surface area contributed by atoms with E-state index in [1.165, 1.54) is 6.07 Å². The third-order valence-electron chi connectivity index (χ3n) is 2.59. The van der Waals surface area contributed by atoms with Crippen LogP contribution < -0.4 is 4.72 Å². The lowest BCUT2D eigenvalue weighted by atomic mass is 10.4. The molecule has 0 saturated heterocycles. The van der Waals surface area contributed by atoms with Gasteiger partial charge >= 0.3 is 0 Å². The molecule has 0 aliphatic heterocycles. The summed E-state index contributed by atoms with van der Waals surface area (Å²) in [6.45, 7) is 2.82. The highest BCUT2D eigenvalue weighted by molar-refractivity contribution is 7.98. The molecule has 2 N–H and O–H groups in total. The Morgan fingerprint density at radius 3 is 2.72 bits per heavy atom. The summed E-state index contributed by atoms with van der Waals surface area (Å²) in [6.07, 6.45) is 4.35. The van der Waals surface area contributed by atoms with Crippen molar-refractivity contribution in [1.82, 2.24) is 9.29 Å². The molecule has 0 atom stereocenters. The summed E-state index contributed by atoms with van der Waals surface area (Å²) in [5, 5.41) is 9.14. The Bertz CT molecular complexity index is 447. The Morgan fingerprint density at radius 2 is 2.22 bits per heavy atom. The standard InChI is InChI=1S/C11H20N2O3S2/c1-3-13-8-11(7-10(13)9-14)18(15,16)12-5-4-6-17-2/h7-8,12,14H,3-6,9H2,1-2H3. The van der Waals surface area contributed by atoms with Crippen molar-refractivity contribution in [1.29, 1.82) is 0 Å². The summed E-state index contributed by atoms with van der Waals surface area (Å²) in [7, 11) is -3.45. The molecule has 1 aromatic heterocycles. The minimum absolute atomic E-state index is 0.157. The van der Waals surface area contributed by atoms with Crippen molar-refractivity contribution in [3.63, 3.8) is 0 Å². The maximum atomic E-state index is 12.0. The molecule has 0 aromatic carbocycles. The zero-order valence-corrected chi connectivity index (χ0v) is 12.4. The van der Waals surface area contributed by atoms with Gasteiger partial charge in [0.2, 0.25) is 10.0 Å². The Balaban J connectivity index is 2.75. The third-order valence-corrected chi connectivity index (χ3v) is 4.72. The van der Waals surface area contributed by atoms with E-state index in [0.717, 1.165) is 12.2 Å². The molecule has 5 nitrogen and oxygen atoms in total. The zero-order chi connectivity index (χ0) is 13.6. The van der Waals surface area contributed by atoms with Crippen LogP contribution in [0.5, 0.6) is 0 Å². The highest BCUT2D eigenvalue weighted by Gasteiger charge is 2.17. The van der Waals surface area contributed by atoms with Gasteiger partial charge in [0.1, 0.15) is 0 Å². The number of aliphatic hydroxyl groups is 1. The maximum Gasteiger partial charge on any atom is 0.242 e. The number of thioether (sulfide) groups is 1. The summed E-state index contributed by atoms with van der Waals surface area (Å²) in [4.78, 5) is 0.220. The molecular weight excluding hydrogens is 272 g/mol. The minimum Gasteiger partial charge on any atom is -0.390 e. The number of sulfonamides is 1. The molecule has 0 aliphatic carbocycles. The number of rotatable bonds is 8. The summed E-state index contributed by atoms with van der Waals surface area (Å²) in [5.41, 5.74) is 0.613. The Labute approximate surface area is 113 Å². The average molecular weight is 292 g/mol. The first-order valence-electron chi connectivity index (χ1n) is 5.83. The molecule has 1 heterocycles. The molecule has 7 heteroatoms. The molecule has 0 spiro atoms. The SMILES string of the molecule is CCn1cc(S(=O)(=O)NCCCSC)cc1CO. The van der Waals surface area contributed by atoms with Gasteiger partial charge in [0.15, 0.2) is 0 Å². The number of aliphatic hydroxyl groups excluding tert-OH is 1. The molecule has 0 amide bonds. The Hall–Kier alpha value is -0.500. The molecule has 104 valence electrons. The lowest BCUT2D eigenvalue weighted by molar-refractivity contribution is 0.271. The van der Waals surface area contributed by atoms with E-state index in [-0.39, 0.29) is 11.5 Å². The van der Waals surface area contributed by atoms with E-state index in [2.05, 4.69) is 4.72 Å². The summed E-state index contributed by atoms with van der Waals surface area (Å²) < 4.78 is 28.3. The monoisotopic (exact) mass is 292 g/mol. The largest absolute Gasteiger partial charge is 0.390 e. The van der Waals surface area contributed by atoms with Gasteiger partial charge in [-0.05, 0) is 31.4 Å². The van der Waals surface area contributed by atoms with Gasteiger partial charge in [-0.1, -0.05) is 0 Å². The van der Waals surface area contributed by atoms with Crippen LogP contribution in [0.3, 0.4) is 0 Å². The van der Waals surface area contributed by atoms with Gasteiger partial charge in [-0.2, -0.15) is 11.8 Å². The van der Waals surface area contributed by atoms with Crippen molar-refractivity contribution >= 4 is 21.8 Å². The smallest absolute Gasteiger partial charge is 0.242 e. The summed E-state index contributed by atoms with van der Waals surface area (Å²) >= 11 is 1.69. The van der Waals surface area contributed by atoms with Crippen molar-refractivity contribution < 1.29 is 13.5 Å². The molecule has 0 radical (unpaired) electrons. The van der Waals surface area contributed by atoms with E-state index < -0.39 is 10.0 Å². The Morgan fingerprint density at radius 1 is 1.50 bits per heavy atom. The number of nitrogens with zero attached hydrogens (tertiary/aromatic N) is 1. The predicted octanol–water partition coefficient (Wildman–Crippen LogP) is 1.03. The van der Waals surface area contributed by atoms with Crippen LogP contribution in [0, 0.1) is 0 Å². The fraction of sp³-hybridized carbons (Fsp3) is 0.636. The van der Waals surface area contributed by atoms with Crippen LogP contribution in [-0.4, -0.2) is 36.6 Å². The van der Waals surface area contributed by atoms with Gasteiger partial charge in [-0.15, -0.1) is 0 Å². The molecule has 0 saturated carbocycles. The van der Waals surface area contributed by atoms with E-state index >= 15 is 0 Å². The van der Waals surface area contributed by atoms with Crippen molar-refractivity contribution in [2.45, 2.75) is 31.4 Å². The van der Waals surface area contributed by atoms with Crippen LogP contribution in [0.1, 0.15) is 19.0 Å². The second kappa shape index (κ2) is 7.18. The molecular formula is C11H20N2O3S2. The highest BCUT2D eigenvalue weighted by Crippen LogP contribution is 2.14. The molecule has 0 unspecified atom stereocenters. The van der Waals surface area contributed by atoms with Gasteiger partial charge in [-0.25, -0.2) is 13.1 Å². The quantitative estimate of drug-likeness (QED) is 0.702. The molecule has 1 rings (SSSR count). The van der Waals surface area contributed by atoms with Crippen LogP contribution in [0.15, 0.2) is 17.2 Å². The van der Waals surface area contributed by atoms with Crippen LogP contribution in [0.4, 0.5) is 0 Å². The predicted molar refractivity (Wildman–Crippen MR) is 74.2 cm³/mol. The van der Waals surface area contributed by atoms with Crippen molar-refractivity contribution in [2.24, 2.45) is 0 Å². The lowest BCUT2D eigenvalue weighted by Crippen LogP contribution is -2.24. The lowest BCUT2D eigenvalue weighted by Gasteiger charge is -2.04. The topological polar surface area (TPSA) is 71.3 Å². The average Bonchev–Trinajstić information content (AvgIpc) is 2.78. The first-order valence-corrected chi connectivity index (χ1v) is 8.71. The van der Waals surface area contributed by atoms with Gasteiger partial charge in [-0.3, -0.25) is 0 Å². The van der Waals surface area contributed by atoms with Crippen molar-refractivity contribution in [3.8, 4) is 0 Å². The van der Waals surface area contributed by atoms with Crippen LogP contribution in [0.25, 0.3) is 0 Å². The number of nitrogens with one attached hydrogen (secondary N) is 1. The molecule has 0 fully saturated rings. The first kappa shape index (κ1) is 15.6. The fourth-order valence-corrected chi connectivity index (χ4v) is 3.18. The van der Waals surface area contributed by atoms with Gasteiger partial charge in [0.25, 0.3) is 0 Å². The third kappa shape index (κ3) is 4.01. The number of hydrogen-bond acceptors (Lipinski definition) is 4. The first-order chi connectivity index (χ1) is 8.55. The summed E-state index contributed by atoms with van der Waals surface area (Å²) in [6, 6.07) is 1.51. The fourth-order valence-electron chi connectivity index (χ4n) is 1.61. The normalized spacial score (nSPS) is 11.9. The van der Waals surface area contributed by atoms with E-state index in [4.69, 9.17) is 5.11 Å². The zero-order valence-electron chi connectivity index (χ0n) is 10.7. The van der Waals surface area contributed by atoms with Crippen LogP contribution >= 0.6 is 11.8 Å². The molecule has 0 bridgehead atoms. The second-order valence-corrected chi connectivity index (χ2v) is 6.61. The van der Waals surface area contributed by atoms with Crippen LogP contribution in [-0.2, 0) is 23.2 Å². The number of hydrogen-bond donors (Lipinski definition) is 2. The van der Waals surface area contributed by atoms with E-state index in [1.807, 2.05) is 13.2 Å². The van der Waals surface area contributed by atoms with Crippen LogP contribution in [0.2, 0.25) is 0 Å². The molecule has 0 aliphatic rings. The van der Waals surface area contributed by atoms with Gasteiger partial charge in [0, 0.05) is 25.0 Å². The van der Waals surface area contributed by atoms with Crippen molar-refractivity contribution in [2.75, 3.05) is 18.6 Å². The number of aromatic nitrogens is 1. The minimum atomic E-state index is -3.45. The van der Waals surface area contributed by atoms with Crippen molar-refractivity contribution in [3.05, 3.63) is 18.0 Å².